The summed E-state index contributed by atoms with van der Waals surface area (Å²) in [4.78, 5) is 4.69. The van der Waals surface area contributed by atoms with Crippen LogP contribution in [0, 0.1) is 5.92 Å². The van der Waals surface area contributed by atoms with E-state index in [-0.39, 0.29) is 18.4 Å². The van der Waals surface area contributed by atoms with Crippen LogP contribution in [0.1, 0.15) is 32.5 Å². The molecule has 9 heteroatoms. The van der Waals surface area contributed by atoms with Crippen molar-refractivity contribution in [2.75, 3.05) is 20.1 Å². The first-order valence-corrected chi connectivity index (χ1v) is 10.4. The van der Waals surface area contributed by atoms with Gasteiger partial charge in [-0.3, -0.25) is 0 Å². The maximum absolute atomic E-state index is 12.8. The van der Waals surface area contributed by atoms with Crippen LogP contribution in [-0.4, -0.2) is 49.0 Å². The number of nitrogens with one attached hydrogen (secondary N) is 1. The highest BCUT2D eigenvalue weighted by molar-refractivity contribution is 7.89. The molecule has 0 amide bonds. The Morgan fingerprint density at radius 3 is 2.67 bits per heavy atom. The smallest absolute Gasteiger partial charge is 0.257 e. The van der Waals surface area contributed by atoms with Crippen molar-refractivity contribution in [3.63, 3.8) is 0 Å². The lowest BCUT2D eigenvalue weighted by atomic mass is 10.0. The van der Waals surface area contributed by atoms with E-state index < -0.39 is 10.0 Å². The Morgan fingerprint density at radius 1 is 1.33 bits per heavy atom. The summed E-state index contributed by atoms with van der Waals surface area (Å²) in [5.74, 6) is 1.43. The van der Waals surface area contributed by atoms with Crippen LogP contribution < -0.4 is 5.32 Å². The van der Waals surface area contributed by atoms with Crippen molar-refractivity contribution in [2.24, 2.45) is 5.92 Å². The second-order valence-electron chi connectivity index (χ2n) is 7.04. The predicted molar refractivity (Wildman–Crippen MR) is 106 cm³/mol. The van der Waals surface area contributed by atoms with Gasteiger partial charge in [0.15, 0.2) is 5.82 Å². The molecule has 1 N–H and O–H groups in total. The van der Waals surface area contributed by atoms with Gasteiger partial charge in [-0.05, 0) is 57.0 Å². The highest BCUT2D eigenvalue weighted by Gasteiger charge is 2.28. The molecule has 1 saturated heterocycles. The number of likely N-dealkylation sites (N-methyl/N-ethyl adjacent to an activating group) is 1. The van der Waals surface area contributed by atoms with Gasteiger partial charge in [0.1, 0.15) is 0 Å². The minimum absolute atomic E-state index is 0. The average Bonchev–Trinajstić information content (AvgIpc) is 3.10. The van der Waals surface area contributed by atoms with Crippen molar-refractivity contribution in [3.8, 4) is 11.5 Å². The lowest BCUT2D eigenvalue weighted by Crippen LogP contribution is -2.39. The van der Waals surface area contributed by atoms with E-state index in [4.69, 9.17) is 4.52 Å². The number of benzene rings is 1. The van der Waals surface area contributed by atoms with Crippen molar-refractivity contribution >= 4 is 22.4 Å². The van der Waals surface area contributed by atoms with Crippen LogP contribution in [0.15, 0.2) is 33.7 Å². The molecule has 1 aliphatic heterocycles. The second kappa shape index (κ2) is 9.14. The van der Waals surface area contributed by atoms with Gasteiger partial charge in [0.2, 0.25) is 10.0 Å². The summed E-state index contributed by atoms with van der Waals surface area (Å²) in [6.07, 6.45) is 2.66. The first-order valence-electron chi connectivity index (χ1n) is 9.00. The molecule has 2 aromatic rings. The topological polar surface area (TPSA) is 88.3 Å². The van der Waals surface area contributed by atoms with Gasteiger partial charge < -0.3 is 9.84 Å². The van der Waals surface area contributed by atoms with E-state index in [9.17, 15) is 8.42 Å². The van der Waals surface area contributed by atoms with E-state index >= 15 is 0 Å². The van der Waals surface area contributed by atoms with Crippen molar-refractivity contribution in [3.05, 3.63) is 30.1 Å². The van der Waals surface area contributed by atoms with Crippen LogP contribution in [-0.2, 0) is 16.4 Å². The minimum Gasteiger partial charge on any atom is -0.334 e. The Morgan fingerprint density at radius 2 is 2.04 bits per heavy atom. The van der Waals surface area contributed by atoms with Gasteiger partial charge >= 0.3 is 0 Å². The molecule has 1 fully saturated rings. The summed E-state index contributed by atoms with van der Waals surface area (Å²) in [5, 5.41) is 7.11. The number of piperidine rings is 1. The second-order valence-corrected chi connectivity index (χ2v) is 8.98. The highest BCUT2D eigenvalue weighted by Crippen LogP contribution is 2.25. The number of hydrogen-bond donors (Lipinski definition) is 1. The molecule has 7 nitrogen and oxygen atoms in total. The number of nitrogens with zero attached hydrogens (tertiary/aromatic N) is 3. The lowest BCUT2D eigenvalue weighted by Gasteiger charge is -2.30. The third-order valence-electron chi connectivity index (χ3n) is 4.81. The normalized spacial score (nSPS) is 19.4. The Kier molecular flexibility index (Phi) is 7.39. The van der Waals surface area contributed by atoms with Gasteiger partial charge in [-0.2, -0.15) is 9.29 Å². The zero-order chi connectivity index (χ0) is 18.7. The fourth-order valence-electron chi connectivity index (χ4n) is 3.11. The third-order valence-corrected chi connectivity index (χ3v) is 6.69. The first-order chi connectivity index (χ1) is 12.4. The Labute approximate surface area is 167 Å². The maximum atomic E-state index is 12.8. The van der Waals surface area contributed by atoms with Crippen LogP contribution in [0.4, 0.5) is 0 Å². The molecule has 0 bridgehead atoms. The fraction of sp³-hybridized carbons (Fsp3) is 0.556. The summed E-state index contributed by atoms with van der Waals surface area (Å²) < 4.78 is 32.5. The number of rotatable bonds is 6. The van der Waals surface area contributed by atoms with E-state index in [1.165, 1.54) is 0 Å². The average molecular weight is 415 g/mol. The Bertz CT molecular complexity index is 839. The summed E-state index contributed by atoms with van der Waals surface area (Å²) in [6, 6.07) is 6.92. The summed E-state index contributed by atoms with van der Waals surface area (Å²) in [6.45, 7) is 5.30. The van der Waals surface area contributed by atoms with Gasteiger partial charge in [0.05, 0.1) is 4.90 Å². The monoisotopic (exact) mass is 414 g/mol. The quantitative estimate of drug-likeness (QED) is 0.781. The largest absolute Gasteiger partial charge is 0.334 e. The SMILES string of the molecule is CNC(C)Cc1noc(-c2ccc(S(=O)(=O)N3CCCC(C)C3)cc2)n1.Cl. The summed E-state index contributed by atoms with van der Waals surface area (Å²) in [5.41, 5.74) is 0.715. The van der Waals surface area contributed by atoms with Gasteiger partial charge in [-0.15, -0.1) is 12.4 Å². The van der Waals surface area contributed by atoms with E-state index in [1.54, 1.807) is 28.6 Å². The van der Waals surface area contributed by atoms with Gasteiger partial charge in [0, 0.05) is 31.1 Å². The van der Waals surface area contributed by atoms with Crippen LogP contribution in [0.2, 0.25) is 0 Å². The molecule has 1 aromatic heterocycles. The van der Waals surface area contributed by atoms with Crippen molar-refractivity contribution in [2.45, 2.75) is 44.0 Å². The molecule has 2 atom stereocenters. The number of aromatic nitrogens is 2. The first kappa shape index (κ1) is 21.8. The van der Waals surface area contributed by atoms with E-state index in [2.05, 4.69) is 22.4 Å². The summed E-state index contributed by atoms with van der Waals surface area (Å²) >= 11 is 0. The zero-order valence-electron chi connectivity index (χ0n) is 15.9. The van der Waals surface area contributed by atoms with E-state index in [1.807, 2.05) is 14.0 Å². The number of sulfonamides is 1. The molecule has 1 aromatic carbocycles. The van der Waals surface area contributed by atoms with Crippen LogP contribution in [0.5, 0.6) is 0 Å². The molecule has 27 heavy (non-hydrogen) atoms. The molecule has 2 unspecified atom stereocenters. The molecule has 0 spiro atoms. The van der Waals surface area contributed by atoms with E-state index in [0.717, 1.165) is 12.8 Å². The molecule has 1 aliphatic rings. The molecule has 0 saturated carbocycles. The van der Waals surface area contributed by atoms with Crippen molar-refractivity contribution in [1.29, 1.82) is 0 Å². The van der Waals surface area contributed by atoms with Crippen LogP contribution in [0.3, 0.4) is 0 Å². The maximum Gasteiger partial charge on any atom is 0.257 e. The van der Waals surface area contributed by atoms with Crippen molar-refractivity contribution in [1.82, 2.24) is 19.8 Å². The summed E-state index contributed by atoms with van der Waals surface area (Å²) in [7, 11) is -1.57. The number of hydrogen-bond acceptors (Lipinski definition) is 6. The molecule has 0 aliphatic carbocycles. The molecule has 2 heterocycles. The van der Waals surface area contributed by atoms with Gasteiger partial charge in [0.25, 0.3) is 5.89 Å². The third kappa shape index (κ3) is 5.07. The number of halogens is 1. The molecular weight excluding hydrogens is 388 g/mol. The molecule has 150 valence electrons. The Hall–Kier alpha value is -1.48. The Balaban J connectivity index is 0.00000261. The zero-order valence-corrected chi connectivity index (χ0v) is 17.5. The highest BCUT2D eigenvalue weighted by atomic mass is 35.5. The van der Waals surface area contributed by atoms with Crippen LogP contribution >= 0.6 is 12.4 Å². The lowest BCUT2D eigenvalue weighted by molar-refractivity contribution is 0.281. The minimum atomic E-state index is -3.45. The predicted octanol–water partition coefficient (Wildman–Crippen LogP) is 2.73. The fourth-order valence-corrected chi connectivity index (χ4v) is 4.71. The standard InChI is InChI=1S/C18H26N4O3S.ClH/c1-13-5-4-10-22(12-13)26(23,24)16-8-6-15(7-9-16)18-20-17(21-25-18)11-14(2)19-3;/h6-9,13-14,19H,4-5,10-12H2,1-3H3;1H. The molecule has 0 radical (unpaired) electrons. The van der Waals surface area contributed by atoms with E-state index in [0.29, 0.717) is 47.6 Å². The van der Waals surface area contributed by atoms with Crippen LogP contribution in [0.25, 0.3) is 11.5 Å². The van der Waals surface area contributed by atoms with Gasteiger partial charge in [-0.1, -0.05) is 12.1 Å². The van der Waals surface area contributed by atoms with Gasteiger partial charge in [-0.25, -0.2) is 8.42 Å². The van der Waals surface area contributed by atoms with Crippen molar-refractivity contribution < 1.29 is 12.9 Å². The molecule has 3 rings (SSSR count). The molecular formula is C18H27ClN4O3S.